The number of hydrogen-bond donors (Lipinski definition) is 1. The van der Waals surface area contributed by atoms with E-state index >= 15 is 0 Å². The van der Waals surface area contributed by atoms with Crippen molar-refractivity contribution in [3.8, 4) is 5.69 Å². The number of aromatic nitrogens is 3. The van der Waals surface area contributed by atoms with Crippen LogP contribution in [0.2, 0.25) is 0 Å². The Balaban J connectivity index is 1.41. The first kappa shape index (κ1) is 24.0. The molecule has 2 saturated carbocycles. The number of halogens is 2. The molecule has 4 aliphatic rings. The summed E-state index contributed by atoms with van der Waals surface area (Å²) in [6.45, 7) is 6.54. The lowest BCUT2D eigenvalue weighted by atomic mass is 9.47. The van der Waals surface area contributed by atoms with Gasteiger partial charge in [0, 0.05) is 17.3 Å². The molecule has 0 amide bonds. The predicted molar refractivity (Wildman–Crippen MR) is 135 cm³/mol. The standard InChI is InChI=1S/C28H31F2N3O2S/c1-15-8-18-19-5-6-20(26(35)36-14-29)27(19,2)11-23(34)25(18)28(3)10-16-12-32-33(22(16)9-21(15)28)17-4-7-24(30)31-13-17/h4,7-9,12-13,18-20,23,25,34H,5-6,10-11,14H2,1-3H3. The van der Waals surface area contributed by atoms with Gasteiger partial charge in [0.25, 0.3) is 0 Å². The Hall–Kier alpha value is -2.32. The molecule has 6 rings (SSSR count). The Morgan fingerprint density at radius 3 is 2.81 bits per heavy atom. The van der Waals surface area contributed by atoms with Crippen LogP contribution in [0.25, 0.3) is 11.8 Å². The van der Waals surface area contributed by atoms with E-state index in [-0.39, 0.29) is 39.6 Å². The lowest BCUT2D eigenvalue weighted by Crippen LogP contribution is -2.56. The fourth-order valence-electron chi connectivity index (χ4n) is 8.30. The number of thioether (sulfide) groups is 1. The fourth-order valence-corrected chi connectivity index (χ4v) is 8.99. The maximum atomic E-state index is 13.4. The molecule has 1 N–H and O–H groups in total. The number of alkyl halides is 1. The van der Waals surface area contributed by atoms with E-state index in [4.69, 9.17) is 0 Å². The van der Waals surface area contributed by atoms with Gasteiger partial charge in [0.15, 0.2) is 5.12 Å². The summed E-state index contributed by atoms with van der Waals surface area (Å²) >= 11 is 0.779. The number of fused-ring (bicyclic) bond motifs is 6. The number of aliphatic hydroxyl groups excluding tert-OH is 1. The number of allylic oxidation sites excluding steroid dienone is 3. The SMILES string of the molecule is CC1=CC2C(C(O)CC3(C)C(C(=O)SCF)CCC23)C2(C)Cc3cnn(-c4ccc(F)nc4)c3C=C12. The predicted octanol–water partition coefficient (Wildman–Crippen LogP) is 5.53. The zero-order valence-electron chi connectivity index (χ0n) is 20.7. The molecule has 0 aliphatic heterocycles. The van der Waals surface area contributed by atoms with Crippen LogP contribution < -0.4 is 0 Å². The van der Waals surface area contributed by atoms with Gasteiger partial charge >= 0.3 is 0 Å². The van der Waals surface area contributed by atoms with Crippen LogP contribution in [-0.2, 0) is 11.2 Å². The van der Waals surface area contributed by atoms with E-state index in [1.165, 1.54) is 23.4 Å². The molecule has 7 atom stereocenters. The fraction of sp³-hybridized carbons (Fsp3) is 0.536. The van der Waals surface area contributed by atoms with Crippen molar-refractivity contribution in [3.05, 3.63) is 59.0 Å². The van der Waals surface area contributed by atoms with E-state index in [1.54, 1.807) is 10.7 Å². The van der Waals surface area contributed by atoms with Gasteiger partial charge in [-0.15, -0.1) is 0 Å². The van der Waals surface area contributed by atoms with Crippen molar-refractivity contribution in [1.29, 1.82) is 0 Å². The normalized spacial score (nSPS) is 36.8. The van der Waals surface area contributed by atoms with Crippen LogP contribution in [0.3, 0.4) is 0 Å². The van der Waals surface area contributed by atoms with Gasteiger partial charge in [0.1, 0.15) is 6.01 Å². The molecule has 36 heavy (non-hydrogen) atoms. The van der Waals surface area contributed by atoms with Gasteiger partial charge in [0.05, 0.1) is 29.9 Å². The average molecular weight is 512 g/mol. The van der Waals surface area contributed by atoms with Crippen LogP contribution in [0.15, 0.2) is 41.7 Å². The number of carbonyl (C=O) groups is 1. The summed E-state index contributed by atoms with van der Waals surface area (Å²) in [6, 6.07) is 2.31. The first-order chi connectivity index (χ1) is 17.2. The molecule has 0 saturated heterocycles. The molecule has 7 unspecified atom stereocenters. The molecule has 8 heteroatoms. The molecule has 2 fully saturated rings. The van der Waals surface area contributed by atoms with Gasteiger partial charge < -0.3 is 5.11 Å². The van der Waals surface area contributed by atoms with Crippen molar-refractivity contribution in [2.45, 2.75) is 52.6 Å². The lowest BCUT2D eigenvalue weighted by Gasteiger charge is -2.58. The number of pyridine rings is 1. The molecule has 5 nitrogen and oxygen atoms in total. The molecule has 0 radical (unpaired) electrons. The van der Waals surface area contributed by atoms with Crippen molar-refractivity contribution < 1.29 is 18.7 Å². The molecule has 2 heterocycles. The van der Waals surface area contributed by atoms with Crippen LogP contribution in [0.5, 0.6) is 0 Å². The van der Waals surface area contributed by atoms with E-state index in [0.29, 0.717) is 12.1 Å². The van der Waals surface area contributed by atoms with Crippen molar-refractivity contribution in [3.63, 3.8) is 0 Å². The molecule has 0 spiro atoms. The number of nitrogens with zero attached hydrogens (tertiary/aromatic N) is 3. The quantitative estimate of drug-likeness (QED) is 0.549. The molecule has 2 aromatic heterocycles. The molecular weight excluding hydrogens is 480 g/mol. The van der Waals surface area contributed by atoms with Gasteiger partial charge in [0.2, 0.25) is 5.95 Å². The molecule has 0 bridgehead atoms. The van der Waals surface area contributed by atoms with Crippen LogP contribution >= 0.6 is 11.8 Å². The van der Waals surface area contributed by atoms with Crippen LogP contribution in [0, 0.1) is 40.4 Å². The van der Waals surface area contributed by atoms with Gasteiger partial charge in [-0.05, 0) is 79.2 Å². The third kappa shape index (κ3) is 3.33. The molecule has 4 aliphatic carbocycles. The van der Waals surface area contributed by atoms with E-state index in [1.807, 2.05) is 6.20 Å². The Labute approximate surface area is 214 Å². The van der Waals surface area contributed by atoms with Crippen molar-refractivity contribution in [2.24, 2.45) is 34.5 Å². The largest absolute Gasteiger partial charge is 0.393 e. The van der Waals surface area contributed by atoms with Gasteiger partial charge in [-0.3, -0.25) is 4.79 Å². The van der Waals surface area contributed by atoms with Crippen LogP contribution in [0.4, 0.5) is 8.78 Å². The summed E-state index contributed by atoms with van der Waals surface area (Å²) in [4.78, 5) is 16.6. The Morgan fingerprint density at radius 2 is 2.08 bits per heavy atom. The van der Waals surface area contributed by atoms with E-state index in [0.717, 1.165) is 42.3 Å². The maximum Gasteiger partial charge on any atom is 0.212 e. The summed E-state index contributed by atoms with van der Waals surface area (Å²) < 4.78 is 28.2. The highest BCUT2D eigenvalue weighted by molar-refractivity contribution is 8.13. The van der Waals surface area contributed by atoms with Crippen LogP contribution in [-0.4, -0.2) is 37.1 Å². The van der Waals surface area contributed by atoms with E-state index in [2.05, 4.69) is 43.0 Å². The molecular formula is C28H31F2N3O2S. The minimum atomic E-state index is -0.695. The smallest absolute Gasteiger partial charge is 0.212 e. The highest BCUT2D eigenvalue weighted by Gasteiger charge is 2.62. The zero-order chi connectivity index (χ0) is 25.4. The number of hydrogen-bond acceptors (Lipinski definition) is 5. The Bertz CT molecular complexity index is 1290. The zero-order valence-corrected chi connectivity index (χ0v) is 21.6. The van der Waals surface area contributed by atoms with Gasteiger partial charge in [-0.1, -0.05) is 37.3 Å². The number of aliphatic hydroxyl groups is 1. The summed E-state index contributed by atoms with van der Waals surface area (Å²) in [7, 11) is 0. The minimum absolute atomic E-state index is 0.0252. The van der Waals surface area contributed by atoms with Crippen molar-refractivity contribution in [2.75, 3.05) is 6.01 Å². The number of carbonyl (C=O) groups excluding carboxylic acids is 1. The Kier molecular flexibility index (Phi) is 5.58. The third-order valence-corrected chi connectivity index (χ3v) is 10.4. The summed E-state index contributed by atoms with van der Waals surface area (Å²) in [5, 5.41) is 16.2. The maximum absolute atomic E-state index is 13.4. The summed E-state index contributed by atoms with van der Waals surface area (Å²) in [5.41, 5.74) is 4.56. The monoisotopic (exact) mass is 511 g/mol. The second-order valence-corrected chi connectivity index (χ2v) is 12.4. The van der Waals surface area contributed by atoms with Crippen molar-refractivity contribution >= 4 is 23.0 Å². The second-order valence-electron chi connectivity index (χ2n) is 11.5. The van der Waals surface area contributed by atoms with Crippen molar-refractivity contribution in [1.82, 2.24) is 14.8 Å². The molecule has 190 valence electrons. The van der Waals surface area contributed by atoms with Crippen LogP contribution in [0.1, 0.15) is 51.3 Å². The van der Waals surface area contributed by atoms with E-state index < -0.39 is 18.1 Å². The first-order valence-electron chi connectivity index (χ1n) is 12.7. The first-order valence-corrected chi connectivity index (χ1v) is 13.7. The van der Waals surface area contributed by atoms with Gasteiger partial charge in [-0.25, -0.2) is 14.1 Å². The second kappa shape index (κ2) is 8.35. The van der Waals surface area contributed by atoms with Gasteiger partial charge in [-0.2, -0.15) is 9.49 Å². The topological polar surface area (TPSA) is 68.0 Å². The molecule has 0 aromatic carbocycles. The lowest BCUT2D eigenvalue weighted by molar-refractivity contribution is -0.127. The highest BCUT2D eigenvalue weighted by Crippen LogP contribution is 2.66. The average Bonchev–Trinajstić information content (AvgIpc) is 3.38. The van der Waals surface area contributed by atoms with E-state index in [9.17, 15) is 18.7 Å². The summed E-state index contributed by atoms with van der Waals surface area (Å²) in [5.74, 6) is -0.273. The molecule has 2 aromatic rings. The summed E-state index contributed by atoms with van der Waals surface area (Å²) in [6.07, 6.45) is 10.3. The third-order valence-electron chi connectivity index (χ3n) is 9.73. The Morgan fingerprint density at radius 1 is 1.28 bits per heavy atom. The highest BCUT2D eigenvalue weighted by atomic mass is 32.2. The minimum Gasteiger partial charge on any atom is -0.393 e. The number of rotatable bonds is 3.